The lowest BCUT2D eigenvalue weighted by molar-refractivity contribution is -0.126. The molecule has 3 aromatic heterocycles. The maximum atomic E-state index is 16.1. The Kier molecular flexibility index (Phi) is 8.09. The van der Waals surface area contributed by atoms with Crippen LogP contribution in [-0.4, -0.2) is 56.0 Å². The van der Waals surface area contributed by atoms with Gasteiger partial charge in [-0.25, -0.2) is 23.1 Å². The number of rotatable bonds is 5. The van der Waals surface area contributed by atoms with Crippen molar-refractivity contribution in [2.45, 2.75) is 46.6 Å². The maximum Gasteiger partial charge on any atom is 0.355 e. The highest BCUT2D eigenvalue weighted by Crippen LogP contribution is 2.35. The van der Waals surface area contributed by atoms with Crippen LogP contribution in [0, 0.1) is 30.4 Å². The summed E-state index contributed by atoms with van der Waals surface area (Å²) >= 11 is 0. The fourth-order valence-electron chi connectivity index (χ4n) is 5.59. The summed E-state index contributed by atoms with van der Waals surface area (Å²) in [7, 11) is 0. The number of hydrogen-bond donors (Lipinski definition) is 0. The van der Waals surface area contributed by atoms with Gasteiger partial charge in [0.2, 0.25) is 5.91 Å². The predicted molar refractivity (Wildman–Crippen MR) is 163 cm³/mol. The average molecular weight is 583 g/mol. The lowest BCUT2D eigenvalue weighted by Gasteiger charge is -2.40. The van der Waals surface area contributed by atoms with Gasteiger partial charge in [0, 0.05) is 37.4 Å². The van der Waals surface area contributed by atoms with Crippen LogP contribution in [0.4, 0.5) is 14.6 Å². The number of nitrogens with zero attached hydrogens (tertiary/aromatic N) is 6. The van der Waals surface area contributed by atoms with Crippen LogP contribution in [0.3, 0.4) is 0 Å². The SMILES string of the molecule is C=CC(=O)N1CCN(c2nc(=O)n(-c3c(C)ccnc3C(C)C)c3nc(-c4c(F)cccc4C#CC)c(F)cc23)[C@@H](C)C1. The third-order valence-electron chi connectivity index (χ3n) is 7.62. The second-order valence-corrected chi connectivity index (χ2v) is 10.8. The number of pyridine rings is 2. The summed E-state index contributed by atoms with van der Waals surface area (Å²) in [5, 5.41) is 0.272. The minimum absolute atomic E-state index is 0.0649. The number of aryl methyl sites for hydroxylation is 1. The van der Waals surface area contributed by atoms with Crippen LogP contribution in [0.5, 0.6) is 0 Å². The Morgan fingerprint density at radius 1 is 1.16 bits per heavy atom. The molecular formula is C33H32F2N6O2. The molecule has 1 fully saturated rings. The number of fused-ring (bicyclic) bond motifs is 1. The first-order chi connectivity index (χ1) is 20.6. The molecule has 10 heteroatoms. The predicted octanol–water partition coefficient (Wildman–Crippen LogP) is 5.15. The number of piperazine rings is 1. The zero-order valence-corrected chi connectivity index (χ0v) is 24.8. The fraction of sp³-hybridized carbons (Fsp3) is 0.303. The Morgan fingerprint density at radius 3 is 2.60 bits per heavy atom. The van der Waals surface area contributed by atoms with E-state index in [0.29, 0.717) is 31.0 Å². The van der Waals surface area contributed by atoms with Gasteiger partial charge in [-0.1, -0.05) is 32.4 Å². The first kappa shape index (κ1) is 29.6. The number of benzene rings is 1. The van der Waals surface area contributed by atoms with Gasteiger partial charge in [-0.15, -0.1) is 5.92 Å². The molecule has 1 amide bonds. The molecule has 0 aliphatic carbocycles. The van der Waals surface area contributed by atoms with Gasteiger partial charge in [-0.05, 0) is 62.6 Å². The molecule has 1 atom stereocenters. The number of amides is 1. The maximum absolute atomic E-state index is 16.1. The molecule has 8 nitrogen and oxygen atoms in total. The molecule has 4 aromatic rings. The van der Waals surface area contributed by atoms with Crippen molar-refractivity contribution < 1.29 is 13.6 Å². The Labute approximate surface area is 248 Å². The monoisotopic (exact) mass is 582 g/mol. The van der Waals surface area contributed by atoms with Crippen LogP contribution in [0.2, 0.25) is 0 Å². The summed E-state index contributed by atoms with van der Waals surface area (Å²) < 4.78 is 32.8. The van der Waals surface area contributed by atoms with Gasteiger partial charge in [0.15, 0.2) is 11.5 Å². The smallest absolute Gasteiger partial charge is 0.350 e. The molecule has 5 rings (SSSR count). The normalized spacial score (nSPS) is 15.0. The molecule has 4 heterocycles. The second kappa shape index (κ2) is 11.8. The van der Waals surface area contributed by atoms with Gasteiger partial charge in [-0.2, -0.15) is 4.98 Å². The van der Waals surface area contributed by atoms with Crippen LogP contribution in [-0.2, 0) is 4.79 Å². The second-order valence-electron chi connectivity index (χ2n) is 10.8. The molecule has 1 saturated heterocycles. The third kappa shape index (κ3) is 5.27. The van der Waals surface area contributed by atoms with Crippen LogP contribution in [0.15, 0.2) is 54.0 Å². The van der Waals surface area contributed by atoms with Gasteiger partial charge in [0.05, 0.1) is 22.3 Å². The average Bonchev–Trinajstić information content (AvgIpc) is 2.97. The fourth-order valence-corrected chi connectivity index (χ4v) is 5.59. The summed E-state index contributed by atoms with van der Waals surface area (Å²) in [6, 6.07) is 7.10. The largest absolute Gasteiger partial charge is 0.355 e. The standard InChI is InChI=1S/C33H32F2N6O2/c1-7-10-22-11-9-12-24(34)27(22)29-25(35)17-23-31(40-16-15-39(18-21(40)6)26(42)8-2)38-33(43)41(32(23)37-29)30-20(5)13-14-36-28(30)19(3)4/h8-9,11-14,17,19,21H,2,15-16,18H2,1,3-6H3/t21-/m0/s1. The van der Waals surface area contributed by atoms with E-state index < -0.39 is 17.3 Å². The van der Waals surface area contributed by atoms with E-state index in [1.165, 1.54) is 28.8 Å². The number of carbonyl (C=O) groups excluding carboxylic acids is 1. The number of hydrogen-bond acceptors (Lipinski definition) is 6. The van der Waals surface area contributed by atoms with Crippen molar-refractivity contribution in [1.29, 1.82) is 0 Å². The van der Waals surface area contributed by atoms with Crippen LogP contribution < -0.4 is 10.6 Å². The van der Waals surface area contributed by atoms with Gasteiger partial charge in [-0.3, -0.25) is 9.78 Å². The molecule has 0 unspecified atom stereocenters. The summed E-state index contributed by atoms with van der Waals surface area (Å²) in [6.45, 7) is 13.9. The lowest BCUT2D eigenvalue weighted by Crippen LogP contribution is -2.54. The highest BCUT2D eigenvalue weighted by atomic mass is 19.1. The zero-order valence-electron chi connectivity index (χ0n) is 24.8. The van der Waals surface area contributed by atoms with E-state index in [2.05, 4.69) is 33.4 Å². The molecule has 1 aromatic carbocycles. The number of anilines is 1. The van der Waals surface area contributed by atoms with Crippen molar-refractivity contribution in [1.82, 2.24) is 24.4 Å². The van der Waals surface area contributed by atoms with E-state index in [1.807, 2.05) is 32.6 Å². The number of halogens is 2. The quantitative estimate of drug-likeness (QED) is 0.239. The van der Waals surface area contributed by atoms with Gasteiger partial charge in [0.1, 0.15) is 17.3 Å². The van der Waals surface area contributed by atoms with Crippen LogP contribution >= 0.6 is 0 Å². The topological polar surface area (TPSA) is 84.2 Å². The van der Waals surface area contributed by atoms with Crippen molar-refractivity contribution >= 4 is 22.8 Å². The van der Waals surface area contributed by atoms with Crippen LogP contribution in [0.25, 0.3) is 28.0 Å². The first-order valence-corrected chi connectivity index (χ1v) is 14.1. The summed E-state index contributed by atoms with van der Waals surface area (Å²) in [4.78, 5) is 43.5. The van der Waals surface area contributed by atoms with Crippen molar-refractivity contribution in [3.63, 3.8) is 0 Å². The van der Waals surface area contributed by atoms with E-state index >= 15 is 8.78 Å². The molecule has 0 saturated carbocycles. The lowest BCUT2D eigenvalue weighted by atomic mass is 10.0. The Morgan fingerprint density at radius 2 is 1.93 bits per heavy atom. The molecule has 1 aliphatic heterocycles. The molecule has 0 N–H and O–H groups in total. The Hall–Kier alpha value is -4.91. The van der Waals surface area contributed by atoms with E-state index in [0.717, 1.165) is 5.56 Å². The third-order valence-corrected chi connectivity index (χ3v) is 7.62. The van der Waals surface area contributed by atoms with Crippen LogP contribution in [0.1, 0.15) is 50.4 Å². The number of aromatic nitrogens is 4. The highest BCUT2D eigenvalue weighted by Gasteiger charge is 2.31. The van der Waals surface area contributed by atoms with E-state index in [-0.39, 0.29) is 51.5 Å². The molecule has 220 valence electrons. The Balaban J connectivity index is 1.85. The van der Waals surface area contributed by atoms with Crippen molar-refractivity contribution in [2.24, 2.45) is 0 Å². The van der Waals surface area contributed by atoms with Gasteiger partial charge >= 0.3 is 5.69 Å². The van der Waals surface area contributed by atoms with Gasteiger partial charge < -0.3 is 9.80 Å². The summed E-state index contributed by atoms with van der Waals surface area (Å²) in [5.74, 6) is 4.08. The minimum atomic E-state index is -0.787. The molecule has 0 spiro atoms. The minimum Gasteiger partial charge on any atom is -0.350 e. The first-order valence-electron chi connectivity index (χ1n) is 14.1. The van der Waals surface area contributed by atoms with E-state index in [4.69, 9.17) is 0 Å². The molecular weight excluding hydrogens is 550 g/mol. The molecule has 1 aliphatic rings. The molecule has 0 bridgehead atoms. The van der Waals surface area contributed by atoms with E-state index in [1.54, 1.807) is 30.2 Å². The van der Waals surface area contributed by atoms with Gasteiger partial charge in [0.25, 0.3) is 0 Å². The number of carbonyl (C=O) groups is 1. The molecule has 43 heavy (non-hydrogen) atoms. The Bertz CT molecular complexity index is 1890. The van der Waals surface area contributed by atoms with Crippen molar-refractivity contribution in [2.75, 3.05) is 24.5 Å². The summed E-state index contributed by atoms with van der Waals surface area (Å²) in [6.07, 6.45) is 2.93. The zero-order chi connectivity index (χ0) is 31.0. The van der Waals surface area contributed by atoms with E-state index in [9.17, 15) is 9.59 Å². The highest BCUT2D eigenvalue weighted by molar-refractivity contribution is 5.91. The molecule has 0 radical (unpaired) electrons. The van der Waals surface area contributed by atoms with Crippen molar-refractivity contribution in [3.05, 3.63) is 88.1 Å². The summed E-state index contributed by atoms with van der Waals surface area (Å²) in [5.41, 5.74) is 1.27. The van der Waals surface area contributed by atoms with Crippen molar-refractivity contribution in [3.8, 4) is 28.8 Å².